The van der Waals surface area contributed by atoms with E-state index in [1.165, 1.54) is 12.1 Å². The van der Waals surface area contributed by atoms with Gasteiger partial charge in [-0.15, -0.1) is 0 Å². The zero-order valence-corrected chi connectivity index (χ0v) is 16.7. The normalized spacial score (nSPS) is 14.8. The summed E-state index contributed by atoms with van der Waals surface area (Å²) in [5.41, 5.74) is 2.60. The molecule has 1 aliphatic heterocycles. The number of furan rings is 1. The van der Waals surface area contributed by atoms with Crippen molar-refractivity contribution in [1.82, 2.24) is 4.90 Å². The Morgan fingerprint density at radius 2 is 1.80 bits per heavy atom. The Morgan fingerprint density at radius 1 is 1.10 bits per heavy atom. The van der Waals surface area contributed by atoms with Crippen LogP contribution < -0.4 is 4.90 Å². The minimum absolute atomic E-state index is 0.0933. The first-order chi connectivity index (χ1) is 14.6. The highest BCUT2D eigenvalue weighted by atomic mass is 16.6. The fourth-order valence-corrected chi connectivity index (χ4v) is 3.79. The largest absolute Gasteiger partial charge is 0.460 e. The van der Waals surface area contributed by atoms with E-state index in [1.54, 1.807) is 19.1 Å². The molecule has 3 aromatic rings. The number of piperazine rings is 1. The molecule has 0 spiro atoms. The maximum absolute atomic E-state index is 12.4. The van der Waals surface area contributed by atoms with E-state index in [9.17, 15) is 14.9 Å². The van der Waals surface area contributed by atoms with E-state index >= 15 is 0 Å². The molecular formula is C22H23N3O5. The van der Waals surface area contributed by atoms with E-state index in [4.69, 9.17) is 9.15 Å². The molecule has 0 amide bonds. The molecule has 1 aliphatic rings. The molecule has 1 saturated heterocycles. The predicted molar refractivity (Wildman–Crippen MR) is 113 cm³/mol. The lowest BCUT2D eigenvalue weighted by Gasteiger charge is -2.36. The number of nitro groups is 1. The van der Waals surface area contributed by atoms with Crippen molar-refractivity contribution in [2.45, 2.75) is 13.5 Å². The number of esters is 1. The summed E-state index contributed by atoms with van der Waals surface area (Å²) < 4.78 is 11.0. The van der Waals surface area contributed by atoms with Crippen molar-refractivity contribution in [3.05, 3.63) is 70.0 Å². The number of carbonyl (C=O) groups is 1. The number of anilines is 1. The number of rotatable bonds is 6. The van der Waals surface area contributed by atoms with Crippen molar-refractivity contribution >= 4 is 28.3 Å². The van der Waals surface area contributed by atoms with Gasteiger partial charge in [0, 0.05) is 61.5 Å². The Bertz CT molecular complexity index is 1050. The van der Waals surface area contributed by atoms with Crippen LogP contribution in [0.4, 0.5) is 11.4 Å². The number of para-hydroxylation sites is 1. The third-order valence-corrected chi connectivity index (χ3v) is 5.34. The van der Waals surface area contributed by atoms with Crippen molar-refractivity contribution in [1.29, 1.82) is 0 Å². The third kappa shape index (κ3) is 3.99. The molecule has 1 aromatic heterocycles. The maximum Gasteiger partial charge on any atom is 0.374 e. The number of non-ortho nitro benzene ring substituents is 1. The van der Waals surface area contributed by atoms with Crippen LogP contribution in [0, 0.1) is 10.1 Å². The molecular weight excluding hydrogens is 386 g/mol. The number of nitro benzene ring substituents is 1. The Balaban J connectivity index is 1.47. The van der Waals surface area contributed by atoms with Crippen molar-refractivity contribution in [2.75, 3.05) is 37.7 Å². The van der Waals surface area contributed by atoms with Gasteiger partial charge in [-0.3, -0.25) is 15.0 Å². The molecule has 8 heteroatoms. The van der Waals surface area contributed by atoms with E-state index < -0.39 is 10.9 Å². The van der Waals surface area contributed by atoms with Gasteiger partial charge in [-0.1, -0.05) is 18.2 Å². The van der Waals surface area contributed by atoms with E-state index in [1.807, 2.05) is 24.3 Å². The van der Waals surface area contributed by atoms with Gasteiger partial charge in [-0.2, -0.15) is 0 Å². The minimum Gasteiger partial charge on any atom is -0.460 e. The highest BCUT2D eigenvalue weighted by molar-refractivity contribution is 5.96. The smallest absolute Gasteiger partial charge is 0.374 e. The molecule has 8 nitrogen and oxygen atoms in total. The third-order valence-electron chi connectivity index (χ3n) is 5.34. The first-order valence-corrected chi connectivity index (χ1v) is 9.96. The van der Waals surface area contributed by atoms with Crippen LogP contribution in [-0.4, -0.2) is 48.6 Å². The average Bonchev–Trinajstić information content (AvgIpc) is 3.13. The number of fused-ring (bicyclic) bond motifs is 1. The lowest BCUT2D eigenvalue weighted by atomic mass is 10.1. The average molecular weight is 409 g/mol. The Kier molecular flexibility index (Phi) is 5.67. The Labute approximate surface area is 173 Å². The SMILES string of the molecule is CCOC(=O)c1oc2ccccc2c1CN1CCN(c2ccc([N+](=O)[O-])cc2)CC1. The molecule has 0 unspecified atom stereocenters. The quantitative estimate of drug-likeness (QED) is 0.347. The standard InChI is InChI=1S/C22H23N3O5/c1-2-29-22(26)21-19(18-5-3-4-6-20(18)30-21)15-23-11-13-24(14-12-23)16-7-9-17(10-8-16)25(27)28/h3-10H,2,11-15H2,1H3. The second kappa shape index (κ2) is 8.54. The number of nitrogens with zero attached hydrogens (tertiary/aromatic N) is 3. The summed E-state index contributed by atoms with van der Waals surface area (Å²) in [4.78, 5) is 27.3. The van der Waals surface area contributed by atoms with Crippen molar-refractivity contribution in [3.63, 3.8) is 0 Å². The van der Waals surface area contributed by atoms with Gasteiger partial charge in [0.25, 0.3) is 5.69 Å². The predicted octanol–water partition coefficient (Wildman–Crippen LogP) is 3.84. The van der Waals surface area contributed by atoms with Gasteiger partial charge in [0.15, 0.2) is 0 Å². The molecule has 0 N–H and O–H groups in total. The molecule has 0 aliphatic carbocycles. The van der Waals surface area contributed by atoms with Crippen LogP contribution in [-0.2, 0) is 11.3 Å². The van der Waals surface area contributed by atoms with Crippen molar-refractivity contribution < 1.29 is 18.9 Å². The van der Waals surface area contributed by atoms with Gasteiger partial charge in [-0.05, 0) is 25.1 Å². The first kappa shape index (κ1) is 19.9. The minimum atomic E-state index is -0.437. The molecule has 0 saturated carbocycles. The number of ether oxygens (including phenoxy) is 1. The lowest BCUT2D eigenvalue weighted by Crippen LogP contribution is -2.46. The topological polar surface area (TPSA) is 89.1 Å². The highest BCUT2D eigenvalue weighted by Gasteiger charge is 2.25. The van der Waals surface area contributed by atoms with Crippen molar-refractivity contribution in [3.8, 4) is 0 Å². The van der Waals surface area contributed by atoms with Crippen LogP contribution in [0.3, 0.4) is 0 Å². The second-order valence-electron chi connectivity index (χ2n) is 7.16. The molecule has 2 heterocycles. The van der Waals surface area contributed by atoms with Crippen LogP contribution in [0.1, 0.15) is 23.0 Å². The van der Waals surface area contributed by atoms with E-state index in [0.717, 1.165) is 42.8 Å². The molecule has 0 radical (unpaired) electrons. The molecule has 2 aromatic carbocycles. The second-order valence-corrected chi connectivity index (χ2v) is 7.16. The van der Waals surface area contributed by atoms with Gasteiger partial charge in [0.1, 0.15) is 5.58 Å². The van der Waals surface area contributed by atoms with Crippen LogP contribution in [0.25, 0.3) is 11.0 Å². The summed E-state index contributed by atoms with van der Waals surface area (Å²) in [5, 5.41) is 11.8. The van der Waals surface area contributed by atoms with E-state index in [0.29, 0.717) is 18.7 Å². The van der Waals surface area contributed by atoms with Gasteiger partial charge < -0.3 is 14.1 Å². The maximum atomic E-state index is 12.4. The molecule has 0 bridgehead atoms. The summed E-state index contributed by atoms with van der Waals surface area (Å²) in [6.45, 7) is 5.86. The molecule has 1 fully saturated rings. The fraction of sp³-hybridized carbons (Fsp3) is 0.318. The summed E-state index contributed by atoms with van der Waals surface area (Å²) in [6.07, 6.45) is 0. The number of hydrogen-bond donors (Lipinski definition) is 0. The lowest BCUT2D eigenvalue weighted by molar-refractivity contribution is -0.384. The number of carbonyl (C=O) groups excluding carboxylic acids is 1. The first-order valence-electron chi connectivity index (χ1n) is 9.96. The van der Waals surface area contributed by atoms with Crippen LogP contribution in [0.2, 0.25) is 0 Å². The van der Waals surface area contributed by atoms with Gasteiger partial charge in [0.2, 0.25) is 5.76 Å². The number of hydrogen-bond acceptors (Lipinski definition) is 7. The van der Waals surface area contributed by atoms with Crippen LogP contribution in [0.15, 0.2) is 52.9 Å². The highest BCUT2D eigenvalue weighted by Crippen LogP contribution is 2.29. The van der Waals surface area contributed by atoms with Crippen LogP contribution in [0.5, 0.6) is 0 Å². The zero-order chi connectivity index (χ0) is 21.1. The Morgan fingerprint density at radius 3 is 2.47 bits per heavy atom. The molecule has 30 heavy (non-hydrogen) atoms. The molecule has 0 atom stereocenters. The summed E-state index contributed by atoms with van der Waals surface area (Å²) >= 11 is 0. The zero-order valence-electron chi connectivity index (χ0n) is 16.7. The van der Waals surface area contributed by atoms with Gasteiger partial charge in [-0.25, -0.2) is 4.79 Å². The van der Waals surface area contributed by atoms with Gasteiger partial charge in [0.05, 0.1) is 11.5 Å². The summed E-state index contributed by atoms with van der Waals surface area (Å²) in [6, 6.07) is 14.3. The number of benzene rings is 2. The van der Waals surface area contributed by atoms with Crippen LogP contribution >= 0.6 is 0 Å². The van der Waals surface area contributed by atoms with E-state index in [-0.39, 0.29) is 11.4 Å². The van der Waals surface area contributed by atoms with Crippen molar-refractivity contribution in [2.24, 2.45) is 0 Å². The molecule has 156 valence electrons. The summed E-state index contributed by atoms with van der Waals surface area (Å²) in [7, 11) is 0. The fourth-order valence-electron chi connectivity index (χ4n) is 3.79. The monoisotopic (exact) mass is 409 g/mol. The van der Waals surface area contributed by atoms with E-state index in [2.05, 4.69) is 9.80 Å². The summed E-state index contributed by atoms with van der Waals surface area (Å²) in [5.74, 6) is -0.163. The van der Waals surface area contributed by atoms with Gasteiger partial charge >= 0.3 is 5.97 Å². The Hall–Kier alpha value is -3.39. The molecule has 4 rings (SSSR count).